The van der Waals surface area contributed by atoms with E-state index in [1.165, 1.54) is 12.1 Å². The molecule has 0 fully saturated rings. The minimum atomic E-state index is -4.43. The summed E-state index contributed by atoms with van der Waals surface area (Å²) in [6.07, 6.45) is -3.91. The maximum atomic E-state index is 12.6. The monoisotopic (exact) mass is 273 g/mol. The summed E-state index contributed by atoms with van der Waals surface area (Å²) in [5, 5.41) is 0. The van der Waals surface area contributed by atoms with Crippen molar-refractivity contribution in [2.75, 3.05) is 14.1 Å². The van der Waals surface area contributed by atoms with E-state index in [0.29, 0.717) is 6.42 Å². The highest BCUT2D eigenvalue weighted by molar-refractivity contribution is 6.03. The molecule has 0 N–H and O–H groups in total. The van der Waals surface area contributed by atoms with Gasteiger partial charge in [-0.2, -0.15) is 13.2 Å². The number of benzene rings is 1. The van der Waals surface area contributed by atoms with E-state index >= 15 is 0 Å². The average molecular weight is 273 g/mol. The Bertz CT molecular complexity index is 468. The van der Waals surface area contributed by atoms with Crippen LogP contribution in [-0.2, 0) is 6.18 Å². The van der Waals surface area contributed by atoms with Gasteiger partial charge in [0.1, 0.15) is 0 Å². The number of carbonyl (C=O) groups is 1. The van der Waals surface area contributed by atoms with Crippen molar-refractivity contribution in [2.24, 2.45) is 0 Å². The Morgan fingerprint density at radius 2 is 1.84 bits per heavy atom. The predicted molar refractivity (Wildman–Crippen MR) is 68.2 cm³/mol. The normalized spacial score (nSPS) is 15.4. The third-order valence-corrected chi connectivity index (χ3v) is 3.62. The number of ketones is 1. The Labute approximate surface area is 111 Å². The van der Waals surface area contributed by atoms with Gasteiger partial charge in [0.25, 0.3) is 0 Å². The molecule has 1 aromatic rings. The van der Waals surface area contributed by atoms with Gasteiger partial charge in [0.05, 0.1) is 11.1 Å². The van der Waals surface area contributed by atoms with Gasteiger partial charge in [-0.25, -0.2) is 0 Å². The molecule has 5 heteroatoms. The lowest BCUT2D eigenvalue weighted by Gasteiger charge is -2.34. The van der Waals surface area contributed by atoms with E-state index in [1.807, 2.05) is 6.92 Å². The first-order valence-corrected chi connectivity index (χ1v) is 6.02. The van der Waals surface area contributed by atoms with E-state index in [-0.39, 0.29) is 11.3 Å². The van der Waals surface area contributed by atoms with Crippen LogP contribution < -0.4 is 0 Å². The lowest BCUT2D eigenvalue weighted by Crippen LogP contribution is -2.48. The maximum Gasteiger partial charge on any atom is 0.416 e. The van der Waals surface area contributed by atoms with Crippen LogP contribution in [0, 0.1) is 0 Å². The zero-order valence-corrected chi connectivity index (χ0v) is 11.5. The van der Waals surface area contributed by atoms with Crippen molar-refractivity contribution >= 4 is 5.78 Å². The number of hydrogen-bond donors (Lipinski definition) is 0. The third-order valence-electron chi connectivity index (χ3n) is 3.62. The van der Waals surface area contributed by atoms with E-state index < -0.39 is 17.3 Å². The molecule has 1 aromatic carbocycles. The largest absolute Gasteiger partial charge is 0.416 e. The number of hydrogen-bond acceptors (Lipinski definition) is 2. The molecule has 2 nitrogen and oxygen atoms in total. The molecule has 19 heavy (non-hydrogen) atoms. The quantitative estimate of drug-likeness (QED) is 0.781. The van der Waals surface area contributed by atoms with Crippen molar-refractivity contribution < 1.29 is 18.0 Å². The van der Waals surface area contributed by atoms with Crippen molar-refractivity contribution in [3.8, 4) is 0 Å². The minimum Gasteiger partial charge on any atom is -0.297 e. The third kappa shape index (κ3) is 3.15. The fourth-order valence-electron chi connectivity index (χ4n) is 1.83. The van der Waals surface area contributed by atoms with Crippen LogP contribution in [0.15, 0.2) is 24.3 Å². The SMILES string of the molecule is CCC(C)(C(=O)c1cccc(C(F)(F)F)c1)N(C)C. The zero-order chi connectivity index (χ0) is 14.8. The van der Waals surface area contributed by atoms with Crippen LogP contribution in [0.2, 0.25) is 0 Å². The number of rotatable bonds is 4. The van der Waals surface area contributed by atoms with Gasteiger partial charge < -0.3 is 0 Å². The number of nitrogens with zero attached hydrogens (tertiary/aromatic N) is 1. The topological polar surface area (TPSA) is 20.3 Å². The summed E-state index contributed by atoms with van der Waals surface area (Å²) in [5.41, 5.74) is -1.51. The highest BCUT2D eigenvalue weighted by atomic mass is 19.4. The van der Waals surface area contributed by atoms with Gasteiger partial charge >= 0.3 is 6.18 Å². The van der Waals surface area contributed by atoms with E-state index in [9.17, 15) is 18.0 Å². The number of carbonyl (C=O) groups excluding carboxylic acids is 1. The smallest absolute Gasteiger partial charge is 0.297 e. The van der Waals surface area contributed by atoms with E-state index in [0.717, 1.165) is 12.1 Å². The molecule has 0 saturated heterocycles. The van der Waals surface area contributed by atoms with Crippen LogP contribution in [0.25, 0.3) is 0 Å². The second-order valence-electron chi connectivity index (χ2n) is 4.93. The molecular weight excluding hydrogens is 255 g/mol. The molecule has 1 rings (SSSR count). The van der Waals surface area contributed by atoms with Crippen molar-refractivity contribution in [1.82, 2.24) is 4.90 Å². The minimum absolute atomic E-state index is 0.0906. The molecule has 0 aliphatic carbocycles. The van der Waals surface area contributed by atoms with Gasteiger partial charge in [-0.15, -0.1) is 0 Å². The molecular formula is C14H18F3NO. The molecule has 0 saturated carbocycles. The molecule has 0 amide bonds. The summed E-state index contributed by atoms with van der Waals surface area (Å²) in [4.78, 5) is 14.1. The molecule has 0 aliphatic heterocycles. The first-order valence-electron chi connectivity index (χ1n) is 6.02. The molecule has 1 unspecified atom stereocenters. The summed E-state index contributed by atoms with van der Waals surface area (Å²) >= 11 is 0. The second kappa shape index (κ2) is 5.33. The van der Waals surface area contributed by atoms with Gasteiger partial charge in [-0.1, -0.05) is 19.1 Å². The molecule has 1 atom stereocenters. The highest BCUT2D eigenvalue weighted by Gasteiger charge is 2.36. The maximum absolute atomic E-state index is 12.6. The van der Waals surface area contributed by atoms with Crippen LogP contribution in [0.3, 0.4) is 0 Å². The Kier molecular flexibility index (Phi) is 4.40. The summed E-state index contributed by atoms with van der Waals surface area (Å²) in [6, 6.07) is 4.58. The van der Waals surface area contributed by atoms with Gasteiger partial charge in [-0.05, 0) is 39.6 Å². The lowest BCUT2D eigenvalue weighted by atomic mass is 9.87. The Morgan fingerprint density at radius 3 is 2.26 bits per heavy atom. The van der Waals surface area contributed by atoms with Crippen LogP contribution in [-0.4, -0.2) is 30.3 Å². The fourth-order valence-corrected chi connectivity index (χ4v) is 1.83. The highest BCUT2D eigenvalue weighted by Crippen LogP contribution is 2.31. The van der Waals surface area contributed by atoms with E-state index in [2.05, 4.69) is 0 Å². The molecule has 0 radical (unpaired) electrons. The Balaban J connectivity index is 3.21. The Hall–Kier alpha value is -1.36. The standard InChI is InChI=1S/C14H18F3NO/c1-5-13(2,18(3)4)12(19)10-7-6-8-11(9-10)14(15,16)17/h6-9H,5H2,1-4H3. The van der Waals surface area contributed by atoms with Crippen molar-refractivity contribution in [1.29, 1.82) is 0 Å². The van der Waals surface area contributed by atoms with Crippen LogP contribution >= 0.6 is 0 Å². The van der Waals surface area contributed by atoms with Crippen LogP contribution in [0.1, 0.15) is 36.2 Å². The first-order chi connectivity index (χ1) is 8.63. The number of Topliss-reactive ketones (excluding diaryl/α,β-unsaturated/α-hetero) is 1. The molecule has 0 spiro atoms. The number of alkyl halides is 3. The van der Waals surface area contributed by atoms with Crippen LogP contribution in [0.4, 0.5) is 13.2 Å². The molecule has 0 heterocycles. The summed E-state index contributed by atoms with van der Waals surface area (Å²) in [6.45, 7) is 3.57. The molecule has 0 bridgehead atoms. The van der Waals surface area contributed by atoms with Gasteiger partial charge in [0.15, 0.2) is 5.78 Å². The fraction of sp³-hybridized carbons (Fsp3) is 0.500. The van der Waals surface area contributed by atoms with Gasteiger partial charge in [-0.3, -0.25) is 9.69 Å². The van der Waals surface area contributed by atoms with Crippen molar-refractivity contribution in [3.05, 3.63) is 35.4 Å². The molecule has 106 valence electrons. The predicted octanol–water partition coefficient (Wildman–Crippen LogP) is 3.62. The second-order valence-corrected chi connectivity index (χ2v) is 4.93. The summed E-state index contributed by atoms with van der Waals surface area (Å²) in [5.74, 6) is -0.300. The Morgan fingerprint density at radius 1 is 1.26 bits per heavy atom. The van der Waals surface area contributed by atoms with E-state index in [4.69, 9.17) is 0 Å². The zero-order valence-electron chi connectivity index (χ0n) is 11.5. The molecule has 0 aromatic heterocycles. The first kappa shape index (κ1) is 15.7. The number of halogens is 3. The lowest BCUT2D eigenvalue weighted by molar-refractivity contribution is -0.137. The average Bonchev–Trinajstić information content (AvgIpc) is 2.35. The molecule has 0 aliphatic rings. The van der Waals surface area contributed by atoms with Crippen molar-refractivity contribution in [3.63, 3.8) is 0 Å². The van der Waals surface area contributed by atoms with Crippen molar-refractivity contribution in [2.45, 2.75) is 32.0 Å². The van der Waals surface area contributed by atoms with E-state index in [1.54, 1.807) is 25.9 Å². The van der Waals surface area contributed by atoms with Crippen LogP contribution in [0.5, 0.6) is 0 Å². The van der Waals surface area contributed by atoms with Gasteiger partial charge in [0.2, 0.25) is 0 Å². The summed E-state index contributed by atoms with van der Waals surface area (Å²) in [7, 11) is 3.49. The van der Waals surface area contributed by atoms with Gasteiger partial charge in [0, 0.05) is 5.56 Å². The summed E-state index contributed by atoms with van der Waals surface area (Å²) < 4.78 is 37.9. The number of likely N-dealkylation sites (N-methyl/N-ethyl adjacent to an activating group) is 1.